The maximum atomic E-state index is 9.18. The zero-order valence-corrected chi connectivity index (χ0v) is 10.1. The average molecular weight is 240 g/mol. The van der Waals surface area contributed by atoms with Crippen LogP contribution in [0.1, 0.15) is 19.8 Å². The molecular formula is C13H20O4. The fourth-order valence-corrected chi connectivity index (χ4v) is 1.51. The molecule has 96 valence electrons. The van der Waals surface area contributed by atoms with Gasteiger partial charge in [-0.25, -0.2) is 0 Å². The van der Waals surface area contributed by atoms with E-state index in [0.29, 0.717) is 11.5 Å². The van der Waals surface area contributed by atoms with Gasteiger partial charge in [0.05, 0.1) is 13.2 Å². The van der Waals surface area contributed by atoms with E-state index in [1.54, 1.807) is 12.1 Å². The molecule has 0 aliphatic rings. The van der Waals surface area contributed by atoms with E-state index in [1.807, 2.05) is 19.1 Å². The van der Waals surface area contributed by atoms with Gasteiger partial charge in [-0.15, -0.1) is 0 Å². The molecule has 0 saturated heterocycles. The topological polar surface area (TPSA) is 58.9 Å². The smallest absolute Gasteiger partial charge is 0.161 e. The van der Waals surface area contributed by atoms with Gasteiger partial charge in [-0.2, -0.15) is 0 Å². The Kier molecular flexibility index (Phi) is 6.43. The fraction of sp³-hybridized carbons (Fsp3) is 0.538. The maximum absolute atomic E-state index is 9.18. The van der Waals surface area contributed by atoms with Crippen molar-refractivity contribution in [1.29, 1.82) is 0 Å². The summed E-state index contributed by atoms with van der Waals surface area (Å²) in [7, 11) is 0. The van der Waals surface area contributed by atoms with Crippen molar-refractivity contribution in [3.8, 4) is 11.5 Å². The highest BCUT2D eigenvalue weighted by Crippen LogP contribution is 2.27. The molecule has 0 aromatic heterocycles. The number of benzene rings is 1. The summed E-state index contributed by atoms with van der Waals surface area (Å²) in [5.74, 6) is 1.20. The molecule has 0 unspecified atom stereocenters. The lowest BCUT2D eigenvalue weighted by Gasteiger charge is -2.18. The van der Waals surface area contributed by atoms with Crippen molar-refractivity contribution in [3.63, 3.8) is 0 Å². The van der Waals surface area contributed by atoms with Crippen molar-refractivity contribution >= 4 is 0 Å². The normalized spacial score (nSPS) is 12.2. The quantitative estimate of drug-likeness (QED) is 0.724. The Hall–Kier alpha value is -1.26. The largest absolute Gasteiger partial charge is 0.487 e. The van der Waals surface area contributed by atoms with Crippen LogP contribution in [0, 0.1) is 0 Å². The first kappa shape index (κ1) is 13.8. The predicted molar refractivity (Wildman–Crippen MR) is 65.4 cm³/mol. The number of hydrogen-bond donors (Lipinski definition) is 2. The summed E-state index contributed by atoms with van der Waals surface area (Å²) in [6.07, 6.45) is 1.54. The molecule has 0 bridgehead atoms. The molecule has 1 aromatic carbocycles. The molecule has 0 radical (unpaired) electrons. The number of aliphatic hydroxyl groups excluding tert-OH is 2. The van der Waals surface area contributed by atoms with Crippen molar-refractivity contribution in [3.05, 3.63) is 24.3 Å². The molecule has 0 spiro atoms. The van der Waals surface area contributed by atoms with Crippen LogP contribution in [0.25, 0.3) is 0 Å². The molecule has 1 atom stereocenters. The second-order valence-electron chi connectivity index (χ2n) is 3.73. The average Bonchev–Trinajstić information content (AvgIpc) is 2.37. The van der Waals surface area contributed by atoms with Gasteiger partial charge in [0.1, 0.15) is 12.7 Å². The minimum Gasteiger partial charge on any atom is -0.487 e. The van der Waals surface area contributed by atoms with E-state index in [0.717, 1.165) is 12.8 Å². The lowest BCUT2D eigenvalue weighted by atomic mass is 10.2. The second-order valence-corrected chi connectivity index (χ2v) is 3.73. The van der Waals surface area contributed by atoms with Crippen LogP contribution in [0.3, 0.4) is 0 Å². The second kappa shape index (κ2) is 7.92. The molecule has 0 amide bonds. The van der Waals surface area contributed by atoms with Crippen LogP contribution in [-0.2, 0) is 0 Å². The molecule has 0 fully saturated rings. The molecule has 17 heavy (non-hydrogen) atoms. The molecule has 2 N–H and O–H groups in total. The summed E-state index contributed by atoms with van der Waals surface area (Å²) in [6.45, 7) is 2.23. The monoisotopic (exact) mass is 240 g/mol. The molecule has 0 aliphatic carbocycles. The van der Waals surface area contributed by atoms with Crippen molar-refractivity contribution in [2.24, 2.45) is 0 Å². The van der Waals surface area contributed by atoms with Crippen molar-refractivity contribution in [2.45, 2.75) is 25.9 Å². The first-order chi connectivity index (χ1) is 8.31. The molecule has 0 heterocycles. The molecule has 4 nitrogen and oxygen atoms in total. The van der Waals surface area contributed by atoms with E-state index in [9.17, 15) is 5.11 Å². The van der Waals surface area contributed by atoms with Crippen LogP contribution in [-0.4, -0.2) is 36.1 Å². The number of hydrogen-bond acceptors (Lipinski definition) is 4. The van der Waals surface area contributed by atoms with E-state index < -0.39 is 0 Å². The molecule has 4 heteroatoms. The van der Waals surface area contributed by atoms with Crippen LogP contribution in [0.2, 0.25) is 0 Å². The summed E-state index contributed by atoms with van der Waals surface area (Å²) in [6, 6.07) is 7.27. The highest BCUT2D eigenvalue weighted by molar-refractivity contribution is 5.39. The minimum absolute atomic E-state index is 0.0117. The Morgan fingerprint density at radius 2 is 1.88 bits per heavy atom. The molecule has 0 aliphatic heterocycles. The summed E-state index contributed by atoms with van der Waals surface area (Å²) < 4.78 is 11.0. The van der Waals surface area contributed by atoms with Crippen LogP contribution < -0.4 is 9.47 Å². The van der Waals surface area contributed by atoms with Crippen LogP contribution in [0.4, 0.5) is 0 Å². The summed E-state index contributed by atoms with van der Waals surface area (Å²) in [5.41, 5.74) is 0. The predicted octanol–water partition coefficient (Wildman–Crippen LogP) is 1.60. The lowest BCUT2D eigenvalue weighted by molar-refractivity contribution is 0.102. The van der Waals surface area contributed by atoms with Gasteiger partial charge in [0.25, 0.3) is 0 Å². The standard InChI is InChI=1S/C13H20O4/c1-2-5-11(10-15)17-13-7-4-3-6-12(13)16-9-8-14/h3-4,6-7,11,14-15H,2,5,8-10H2,1H3/t11-/m1/s1. The zero-order valence-electron chi connectivity index (χ0n) is 10.1. The third kappa shape index (κ3) is 4.63. The van der Waals surface area contributed by atoms with Gasteiger partial charge in [-0.05, 0) is 18.6 Å². The molecule has 1 rings (SSSR count). The first-order valence-electron chi connectivity index (χ1n) is 5.92. The summed E-state index contributed by atoms with van der Waals surface area (Å²) >= 11 is 0. The van der Waals surface area contributed by atoms with Crippen molar-refractivity contribution in [1.82, 2.24) is 0 Å². The first-order valence-corrected chi connectivity index (χ1v) is 5.92. The highest BCUT2D eigenvalue weighted by Gasteiger charge is 2.11. The van der Waals surface area contributed by atoms with Crippen LogP contribution in [0.5, 0.6) is 11.5 Å². The van der Waals surface area contributed by atoms with Crippen molar-refractivity contribution in [2.75, 3.05) is 19.8 Å². The van der Waals surface area contributed by atoms with E-state index >= 15 is 0 Å². The van der Waals surface area contributed by atoms with Crippen LogP contribution in [0.15, 0.2) is 24.3 Å². The van der Waals surface area contributed by atoms with E-state index in [4.69, 9.17) is 14.6 Å². The zero-order chi connectivity index (χ0) is 12.5. The third-order valence-electron chi connectivity index (χ3n) is 2.31. The fourth-order valence-electron chi connectivity index (χ4n) is 1.51. The summed E-state index contributed by atoms with van der Waals surface area (Å²) in [4.78, 5) is 0. The van der Waals surface area contributed by atoms with Gasteiger partial charge in [0, 0.05) is 0 Å². The van der Waals surface area contributed by atoms with Crippen LogP contribution >= 0.6 is 0 Å². The lowest BCUT2D eigenvalue weighted by Crippen LogP contribution is -2.21. The van der Waals surface area contributed by atoms with Gasteiger partial charge < -0.3 is 19.7 Å². The van der Waals surface area contributed by atoms with Gasteiger partial charge in [-0.1, -0.05) is 25.5 Å². The number of aliphatic hydroxyl groups is 2. The van der Waals surface area contributed by atoms with E-state index in [-0.39, 0.29) is 25.9 Å². The minimum atomic E-state index is -0.209. The molecule has 1 aromatic rings. The van der Waals surface area contributed by atoms with E-state index in [2.05, 4.69) is 0 Å². The third-order valence-corrected chi connectivity index (χ3v) is 2.31. The van der Waals surface area contributed by atoms with Gasteiger partial charge in [-0.3, -0.25) is 0 Å². The number of ether oxygens (including phenoxy) is 2. The Morgan fingerprint density at radius 3 is 2.47 bits per heavy atom. The summed E-state index contributed by atoms with van der Waals surface area (Å²) in [5, 5.41) is 17.9. The van der Waals surface area contributed by atoms with Gasteiger partial charge in [0.2, 0.25) is 0 Å². The maximum Gasteiger partial charge on any atom is 0.161 e. The van der Waals surface area contributed by atoms with Gasteiger partial charge >= 0.3 is 0 Å². The Balaban J connectivity index is 2.67. The van der Waals surface area contributed by atoms with E-state index in [1.165, 1.54) is 0 Å². The Morgan fingerprint density at radius 1 is 1.18 bits per heavy atom. The Labute approximate surface area is 102 Å². The SMILES string of the molecule is CCC[C@H](CO)Oc1ccccc1OCCO. The Bertz CT molecular complexity index is 314. The molecule has 0 saturated carbocycles. The number of para-hydroxylation sites is 2. The highest BCUT2D eigenvalue weighted by atomic mass is 16.5. The van der Waals surface area contributed by atoms with Crippen molar-refractivity contribution < 1.29 is 19.7 Å². The van der Waals surface area contributed by atoms with Gasteiger partial charge in [0.15, 0.2) is 11.5 Å². The number of rotatable bonds is 8. The molecular weight excluding hydrogens is 220 g/mol.